The third-order valence-corrected chi connectivity index (χ3v) is 1.70. The first-order valence-corrected chi connectivity index (χ1v) is 3.34. The number of nitrogens with zero attached hydrogens (tertiary/aromatic N) is 2. The van der Waals surface area contributed by atoms with E-state index in [4.69, 9.17) is 0 Å². The molecule has 0 atom stereocenters. The summed E-state index contributed by atoms with van der Waals surface area (Å²) in [5, 5.41) is 0. The topological polar surface area (TPSA) is 59.8 Å². The van der Waals surface area contributed by atoms with Crippen LogP contribution in [0.25, 0.3) is 0 Å². The highest BCUT2D eigenvalue weighted by Crippen LogP contribution is 1.90. The molecule has 2 heterocycles. The summed E-state index contributed by atoms with van der Waals surface area (Å²) in [7, 11) is 0. The van der Waals surface area contributed by atoms with Crippen LogP contribution in [0.15, 0.2) is 21.7 Å². The van der Waals surface area contributed by atoms with Crippen molar-refractivity contribution in [2.45, 2.75) is 13.1 Å². The molecule has 0 unspecified atom stereocenters. The first-order chi connectivity index (χ1) is 5.29. The van der Waals surface area contributed by atoms with Crippen molar-refractivity contribution in [3.63, 3.8) is 0 Å². The monoisotopic (exact) mass is 153 g/mol. The van der Waals surface area contributed by atoms with Gasteiger partial charge in [0, 0.05) is 0 Å². The molecule has 0 fully saturated rings. The number of H-pyrrole nitrogens is 1. The third-order valence-electron chi connectivity index (χ3n) is 1.70. The Kier molecular flexibility index (Phi) is 1.12. The van der Waals surface area contributed by atoms with Gasteiger partial charge in [0.25, 0.3) is 0 Å². The standard InChI is InChI=1S/C6H7N3O2/c10-5-7-6(11)9-4-2-1-3-8(5)9/h1-2H,3-4H2,(H,7,10,11). The Morgan fingerprint density at radius 2 is 1.55 bits per heavy atom. The summed E-state index contributed by atoms with van der Waals surface area (Å²) < 4.78 is 2.75. The van der Waals surface area contributed by atoms with Crippen LogP contribution in [0.2, 0.25) is 0 Å². The molecule has 0 saturated heterocycles. The van der Waals surface area contributed by atoms with E-state index in [0.29, 0.717) is 13.1 Å². The Bertz CT molecular complexity index is 370. The average molecular weight is 153 g/mol. The quantitative estimate of drug-likeness (QED) is 0.481. The van der Waals surface area contributed by atoms with Crippen LogP contribution in [0.5, 0.6) is 0 Å². The van der Waals surface area contributed by atoms with Gasteiger partial charge in [-0.1, -0.05) is 12.2 Å². The molecular formula is C6H7N3O2. The normalized spacial score (nSPS) is 14.9. The molecule has 0 amide bonds. The summed E-state index contributed by atoms with van der Waals surface area (Å²) in [4.78, 5) is 24.1. The summed E-state index contributed by atoms with van der Waals surface area (Å²) in [6.07, 6.45) is 3.71. The summed E-state index contributed by atoms with van der Waals surface area (Å²) in [5.41, 5.74) is -0.668. The lowest BCUT2D eigenvalue weighted by molar-refractivity contribution is 0.482. The zero-order valence-corrected chi connectivity index (χ0v) is 5.78. The Labute approximate surface area is 61.6 Å². The van der Waals surface area contributed by atoms with Crippen LogP contribution in [0.1, 0.15) is 0 Å². The van der Waals surface area contributed by atoms with Crippen LogP contribution < -0.4 is 11.4 Å². The number of allylic oxidation sites excluding steroid dienone is 2. The first kappa shape index (κ1) is 6.21. The van der Waals surface area contributed by atoms with Gasteiger partial charge in [-0.25, -0.2) is 19.0 Å². The zero-order valence-electron chi connectivity index (χ0n) is 5.78. The molecule has 5 heteroatoms. The van der Waals surface area contributed by atoms with E-state index in [1.807, 2.05) is 12.2 Å². The van der Waals surface area contributed by atoms with Crippen molar-refractivity contribution in [3.8, 4) is 0 Å². The lowest BCUT2D eigenvalue weighted by Gasteiger charge is -2.08. The molecule has 0 bridgehead atoms. The maximum atomic E-state index is 10.9. The van der Waals surface area contributed by atoms with Crippen molar-refractivity contribution in [3.05, 3.63) is 33.1 Å². The molecule has 58 valence electrons. The number of hydrogen-bond acceptors (Lipinski definition) is 2. The van der Waals surface area contributed by atoms with Crippen LogP contribution in [0, 0.1) is 0 Å². The molecular weight excluding hydrogens is 146 g/mol. The van der Waals surface area contributed by atoms with E-state index in [-0.39, 0.29) is 11.4 Å². The van der Waals surface area contributed by atoms with Crippen LogP contribution >= 0.6 is 0 Å². The Balaban J connectivity index is 2.76. The minimum absolute atomic E-state index is 0.334. The van der Waals surface area contributed by atoms with Crippen molar-refractivity contribution >= 4 is 0 Å². The van der Waals surface area contributed by atoms with Gasteiger partial charge in [-0.3, -0.25) is 4.98 Å². The lowest BCUT2D eigenvalue weighted by Crippen LogP contribution is -2.28. The second kappa shape index (κ2) is 1.98. The van der Waals surface area contributed by atoms with E-state index >= 15 is 0 Å². The summed E-state index contributed by atoms with van der Waals surface area (Å²) in [5.74, 6) is 0. The van der Waals surface area contributed by atoms with Gasteiger partial charge in [-0.2, -0.15) is 0 Å². The Hall–Kier alpha value is -1.52. The van der Waals surface area contributed by atoms with Crippen LogP contribution in [0.3, 0.4) is 0 Å². The Morgan fingerprint density at radius 3 is 2.00 bits per heavy atom. The fraction of sp³-hybridized carbons (Fsp3) is 0.333. The minimum atomic E-state index is -0.334. The number of hydrogen-bond donors (Lipinski definition) is 1. The van der Waals surface area contributed by atoms with Gasteiger partial charge in [-0.15, -0.1) is 0 Å². The molecule has 1 aromatic rings. The fourth-order valence-electron chi connectivity index (χ4n) is 1.15. The molecule has 1 aromatic heterocycles. The largest absolute Gasteiger partial charge is 0.344 e. The maximum Gasteiger partial charge on any atom is 0.344 e. The second-order valence-electron chi connectivity index (χ2n) is 2.37. The fourth-order valence-corrected chi connectivity index (χ4v) is 1.15. The van der Waals surface area contributed by atoms with Gasteiger partial charge in [-0.05, 0) is 0 Å². The van der Waals surface area contributed by atoms with E-state index in [9.17, 15) is 9.59 Å². The van der Waals surface area contributed by atoms with Gasteiger partial charge in [0.1, 0.15) is 0 Å². The minimum Gasteiger partial charge on any atom is -0.257 e. The third kappa shape index (κ3) is 0.772. The number of fused-ring (bicyclic) bond motifs is 1. The molecule has 2 rings (SSSR count). The summed E-state index contributed by atoms with van der Waals surface area (Å²) in [6.45, 7) is 0.967. The molecule has 0 saturated carbocycles. The van der Waals surface area contributed by atoms with Crippen molar-refractivity contribution < 1.29 is 0 Å². The number of rotatable bonds is 0. The molecule has 0 spiro atoms. The number of aromatic amines is 1. The van der Waals surface area contributed by atoms with Crippen molar-refractivity contribution in [1.29, 1.82) is 0 Å². The Morgan fingerprint density at radius 1 is 1.09 bits per heavy atom. The lowest BCUT2D eigenvalue weighted by atomic mass is 10.4. The van der Waals surface area contributed by atoms with Gasteiger partial charge < -0.3 is 0 Å². The second-order valence-corrected chi connectivity index (χ2v) is 2.37. The average Bonchev–Trinajstić information content (AvgIpc) is 2.30. The highest BCUT2D eigenvalue weighted by atomic mass is 16.2. The van der Waals surface area contributed by atoms with Crippen molar-refractivity contribution in [2.75, 3.05) is 0 Å². The predicted octanol–water partition coefficient (Wildman–Crippen LogP) is -1.09. The number of nitrogens with one attached hydrogen (secondary N) is 1. The van der Waals surface area contributed by atoms with E-state index in [1.54, 1.807) is 0 Å². The van der Waals surface area contributed by atoms with E-state index in [1.165, 1.54) is 9.36 Å². The van der Waals surface area contributed by atoms with Crippen molar-refractivity contribution in [2.24, 2.45) is 0 Å². The zero-order chi connectivity index (χ0) is 7.84. The van der Waals surface area contributed by atoms with E-state index in [2.05, 4.69) is 4.98 Å². The van der Waals surface area contributed by atoms with Gasteiger partial charge in [0.05, 0.1) is 13.1 Å². The molecule has 5 nitrogen and oxygen atoms in total. The van der Waals surface area contributed by atoms with E-state index in [0.717, 1.165) is 0 Å². The van der Waals surface area contributed by atoms with Gasteiger partial charge in [0.2, 0.25) is 0 Å². The van der Waals surface area contributed by atoms with Crippen LogP contribution in [-0.4, -0.2) is 14.3 Å². The SMILES string of the molecule is O=c1[nH]c(=O)n2n1CC=CC2. The summed E-state index contributed by atoms with van der Waals surface area (Å²) >= 11 is 0. The van der Waals surface area contributed by atoms with E-state index < -0.39 is 0 Å². The molecule has 1 N–H and O–H groups in total. The predicted molar refractivity (Wildman–Crippen MR) is 38.5 cm³/mol. The summed E-state index contributed by atoms with van der Waals surface area (Å²) in [6, 6.07) is 0. The van der Waals surface area contributed by atoms with Crippen molar-refractivity contribution in [1.82, 2.24) is 14.3 Å². The molecule has 11 heavy (non-hydrogen) atoms. The van der Waals surface area contributed by atoms with Crippen LogP contribution in [0.4, 0.5) is 0 Å². The smallest absolute Gasteiger partial charge is 0.257 e. The molecule has 1 aliphatic heterocycles. The first-order valence-electron chi connectivity index (χ1n) is 3.34. The molecule has 1 aliphatic rings. The maximum absolute atomic E-state index is 10.9. The highest BCUT2D eigenvalue weighted by Gasteiger charge is 2.07. The highest BCUT2D eigenvalue weighted by molar-refractivity contribution is 4.88. The van der Waals surface area contributed by atoms with Crippen LogP contribution in [-0.2, 0) is 13.1 Å². The van der Waals surface area contributed by atoms with Gasteiger partial charge in [0.15, 0.2) is 0 Å². The molecule has 0 aliphatic carbocycles. The molecule has 0 aromatic carbocycles. The molecule has 0 radical (unpaired) electrons. The van der Waals surface area contributed by atoms with Gasteiger partial charge >= 0.3 is 11.4 Å². The number of aromatic nitrogens is 3.